The summed E-state index contributed by atoms with van der Waals surface area (Å²) in [6.45, 7) is 2.47. The van der Waals surface area contributed by atoms with Gasteiger partial charge >= 0.3 is 0 Å². The zero-order valence-electron chi connectivity index (χ0n) is 19.1. The molecule has 2 heterocycles. The number of carbonyl (C=O) groups excluding carboxylic acids is 1. The molecule has 0 saturated carbocycles. The number of hydrogen-bond donors (Lipinski definition) is 2. The van der Waals surface area contributed by atoms with Crippen LogP contribution in [0.3, 0.4) is 0 Å². The number of nitrogens with one attached hydrogen (secondary N) is 1. The summed E-state index contributed by atoms with van der Waals surface area (Å²) in [4.78, 5) is 22.9. The first kappa shape index (κ1) is 21.5. The number of amides is 1. The predicted octanol–water partition coefficient (Wildman–Crippen LogP) is 4.45. The molecule has 0 bridgehead atoms. The number of nitrogens with two attached hydrogens (primary N) is 1. The van der Waals surface area contributed by atoms with E-state index in [9.17, 15) is 4.79 Å². The van der Waals surface area contributed by atoms with E-state index in [1.54, 1.807) is 11.7 Å². The first-order valence-electron chi connectivity index (χ1n) is 11.1. The van der Waals surface area contributed by atoms with Gasteiger partial charge in [0, 0.05) is 12.2 Å². The summed E-state index contributed by atoms with van der Waals surface area (Å²) in [6.07, 6.45) is 0.681. The molecule has 0 aliphatic carbocycles. The molecule has 0 fully saturated rings. The van der Waals surface area contributed by atoms with E-state index in [1.807, 2.05) is 79.7 Å². The van der Waals surface area contributed by atoms with Crippen molar-refractivity contribution in [2.24, 2.45) is 0 Å². The first-order valence-corrected chi connectivity index (χ1v) is 11.1. The third kappa shape index (κ3) is 3.92. The average molecular weight is 452 g/mol. The van der Waals surface area contributed by atoms with Crippen molar-refractivity contribution >= 4 is 33.9 Å². The van der Waals surface area contributed by atoms with E-state index in [4.69, 9.17) is 20.4 Å². The van der Waals surface area contributed by atoms with Gasteiger partial charge in [-0.25, -0.2) is 9.97 Å². The number of ether oxygens (including phenoxy) is 1. The molecule has 7 heteroatoms. The number of benzene rings is 3. The van der Waals surface area contributed by atoms with E-state index in [-0.39, 0.29) is 5.91 Å². The molecule has 3 N–H and O–H groups in total. The van der Waals surface area contributed by atoms with E-state index in [2.05, 4.69) is 5.32 Å². The minimum Gasteiger partial charge on any atom is -0.497 e. The fourth-order valence-electron chi connectivity index (χ4n) is 4.11. The Labute approximate surface area is 197 Å². The van der Waals surface area contributed by atoms with Crippen LogP contribution in [0.2, 0.25) is 0 Å². The van der Waals surface area contributed by atoms with Crippen LogP contribution in [0.25, 0.3) is 27.9 Å². The molecule has 0 atom stereocenters. The van der Waals surface area contributed by atoms with E-state index in [0.717, 1.165) is 28.1 Å². The maximum Gasteiger partial charge on any atom is 0.257 e. The topological polar surface area (TPSA) is 95.1 Å². The maximum absolute atomic E-state index is 13.3. The zero-order valence-corrected chi connectivity index (χ0v) is 19.1. The molecule has 3 aromatic carbocycles. The second-order valence-electron chi connectivity index (χ2n) is 8.17. The number of nitrogens with zero attached hydrogens (tertiary/aromatic N) is 3. The number of methoxy groups -OCH3 is 1. The zero-order chi connectivity index (χ0) is 23.7. The monoisotopic (exact) mass is 451 g/mol. The number of nitrogen functional groups attached to an aromatic ring is 1. The van der Waals surface area contributed by atoms with Gasteiger partial charge in [0.05, 0.1) is 18.1 Å². The minimum absolute atomic E-state index is 0.271. The molecule has 0 radical (unpaired) electrons. The number of carbonyl (C=O) groups is 1. The number of aromatic nitrogens is 3. The van der Waals surface area contributed by atoms with Gasteiger partial charge in [-0.1, -0.05) is 36.4 Å². The molecule has 34 heavy (non-hydrogen) atoms. The maximum atomic E-state index is 13.3. The van der Waals surface area contributed by atoms with Crippen LogP contribution in [-0.2, 0) is 6.42 Å². The highest BCUT2D eigenvalue weighted by Gasteiger charge is 2.24. The van der Waals surface area contributed by atoms with Crippen LogP contribution in [0.1, 0.15) is 21.5 Å². The molecule has 1 amide bonds. The van der Waals surface area contributed by atoms with Gasteiger partial charge in [-0.3, -0.25) is 9.36 Å². The number of fused-ring (bicyclic) bond motifs is 2. The summed E-state index contributed by atoms with van der Waals surface area (Å²) in [5, 5.41) is 3.00. The second-order valence-corrected chi connectivity index (χ2v) is 8.17. The molecule has 0 aliphatic heterocycles. The van der Waals surface area contributed by atoms with Gasteiger partial charge in [-0.15, -0.1) is 0 Å². The second kappa shape index (κ2) is 8.86. The van der Waals surface area contributed by atoms with Crippen LogP contribution < -0.4 is 15.8 Å². The highest BCUT2D eigenvalue weighted by molar-refractivity contribution is 6.11. The van der Waals surface area contributed by atoms with Crippen molar-refractivity contribution in [2.45, 2.75) is 13.3 Å². The third-order valence-corrected chi connectivity index (χ3v) is 5.84. The molecule has 0 aliphatic rings. The van der Waals surface area contributed by atoms with E-state index < -0.39 is 0 Å². The molecular weight excluding hydrogens is 426 g/mol. The van der Waals surface area contributed by atoms with E-state index >= 15 is 0 Å². The van der Waals surface area contributed by atoms with Gasteiger partial charge in [0.15, 0.2) is 5.65 Å². The van der Waals surface area contributed by atoms with Gasteiger partial charge in [-0.2, -0.15) is 0 Å². The van der Waals surface area contributed by atoms with Crippen molar-refractivity contribution in [3.63, 3.8) is 0 Å². The lowest BCUT2D eigenvalue weighted by atomic mass is 10.1. The predicted molar refractivity (Wildman–Crippen MR) is 135 cm³/mol. The number of aryl methyl sites for hydroxylation is 1. The first-order chi connectivity index (χ1) is 16.5. The SMILES string of the molecule is COc1ccc(CCNC(=O)c2c(N)n(-c3cccc(C)c3)c3nc4ccccc4nc23)cc1. The van der Waals surface area contributed by atoms with Crippen molar-refractivity contribution < 1.29 is 9.53 Å². The van der Waals surface area contributed by atoms with Gasteiger partial charge in [-0.05, 0) is 60.9 Å². The lowest BCUT2D eigenvalue weighted by Gasteiger charge is -2.09. The molecule has 7 nitrogen and oxygen atoms in total. The van der Waals surface area contributed by atoms with Gasteiger partial charge < -0.3 is 15.8 Å². The van der Waals surface area contributed by atoms with Crippen molar-refractivity contribution in [2.75, 3.05) is 19.4 Å². The van der Waals surface area contributed by atoms with Crippen molar-refractivity contribution in [3.05, 3.63) is 89.5 Å². The Balaban J connectivity index is 1.53. The van der Waals surface area contributed by atoms with Crippen LogP contribution in [0.5, 0.6) is 5.75 Å². The number of para-hydroxylation sites is 2. The fourth-order valence-corrected chi connectivity index (χ4v) is 4.11. The normalized spacial score (nSPS) is 11.1. The van der Waals surface area contributed by atoms with Crippen molar-refractivity contribution in [1.29, 1.82) is 0 Å². The molecule has 0 unspecified atom stereocenters. The Morgan fingerprint density at radius 2 is 1.74 bits per heavy atom. The smallest absolute Gasteiger partial charge is 0.257 e. The third-order valence-electron chi connectivity index (χ3n) is 5.84. The van der Waals surface area contributed by atoms with Crippen molar-refractivity contribution in [3.8, 4) is 11.4 Å². The van der Waals surface area contributed by atoms with E-state index in [0.29, 0.717) is 41.0 Å². The Morgan fingerprint density at radius 3 is 2.44 bits per heavy atom. The standard InChI is InChI=1S/C27H25N5O2/c1-17-6-5-7-19(16-17)32-25(28)23(24-26(32)31-22-9-4-3-8-21(22)30-24)27(33)29-15-14-18-10-12-20(34-2)13-11-18/h3-13,16H,14-15,28H2,1-2H3,(H,29,33). The summed E-state index contributed by atoms with van der Waals surface area (Å²) >= 11 is 0. The molecule has 170 valence electrons. The van der Waals surface area contributed by atoms with Crippen molar-refractivity contribution in [1.82, 2.24) is 19.9 Å². The average Bonchev–Trinajstić information content (AvgIpc) is 3.13. The Hall–Kier alpha value is -4.39. The lowest BCUT2D eigenvalue weighted by Crippen LogP contribution is -2.26. The van der Waals surface area contributed by atoms with E-state index in [1.165, 1.54) is 0 Å². The van der Waals surface area contributed by atoms with Gasteiger partial charge in [0.2, 0.25) is 0 Å². The Morgan fingerprint density at radius 1 is 1.00 bits per heavy atom. The van der Waals surface area contributed by atoms with Crippen LogP contribution in [0.4, 0.5) is 5.82 Å². The minimum atomic E-state index is -0.271. The summed E-state index contributed by atoms with van der Waals surface area (Å²) in [5.41, 5.74) is 12.4. The van der Waals surface area contributed by atoms with Gasteiger partial charge in [0.25, 0.3) is 5.91 Å². The summed E-state index contributed by atoms with van der Waals surface area (Å²) in [5.74, 6) is 0.847. The molecule has 5 aromatic rings. The number of anilines is 1. The molecule has 0 saturated heterocycles. The fraction of sp³-hybridized carbons (Fsp3) is 0.148. The summed E-state index contributed by atoms with van der Waals surface area (Å²) < 4.78 is 7.01. The Bertz CT molecular complexity index is 1510. The molecule has 0 spiro atoms. The number of rotatable bonds is 6. The summed E-state index contributed by atoms with van der Waals surface area (Å²) in [7, 11) is 1.64. The molecule has 5 rings (SSSR count). The Kier molecular flexibility index (Phi) is 5.59. The molecule has 2 aromatic heterocycles. The van der Waals surface area contributed by atoms with Crippen LogP contribution >= 0.6 is 0 Å². The highest BCUT2D eigenvalue weighted by atomic mass is 16.5. The van der Waals surface area contributed by atoms with Crippen LogP contribution in [0, 0.1) is 6.92 Å². The highest BCUT2D eigenvalue weighted by Crippen LogP contribution is 2.31. The number of hydrogen-bond acceptors (Lipinski definition) is 5. The largest absolute Gasteiger partial charge is 0.497 e. The molecular formula is C27H25N5O2. The van der Waals surface area contributed by atoms with Gasteiger partial charge in [0.1, 0.15) is 22.6 Å². The quantitative estimate of drug-likeness (QED) is 0.398. The van der Waals surface area contributed by atoms with Crippen LogP contribution in [-0.4, -0.2) is 34.1 Å². The summed E-state index contributed by atoms with van der Waals surface area (Å²) in [6, 6.07) is 23.3. The van der Waals surface area contributed by atoms with Crippen LogP contribution in [0.15, 0.2) is 72.8 Å². The lowest BCUT2D eigenvalue weighted by molar-refractivity contribution is 0.0956.